The van der Waals surface area contributed by atoms with Gasteiger partial charge in [-0.2, -0.15) is 0 Å². The lowest BCUT2D eigenvalue weighted by atomic mass is 10.2. The van der Waals surface area contributed by atoms with Gasteiger partial charge in [0.2, 0.25) is 0 Å². The second-order valence-corrected chi connectivity index (χ2v) is 4.32. The highest BCUT2D eigenvalue weighted by Crippen LogP contribution is 2.16. The number of rotatable bonds is 0. The fourth-order valence-electron chi connectivity index (χ4n) is 1.94. The zero-order chi connectivity index (χ0) is 10.6. The lowest BCUT2D eigenvalue weighted by Gasteiger charge is -2.04. The van der Waals surface area contributed by atoms with Gasteiger partial charge in [-0.25, -0.2) is 0 Å². The van der Waals surface area contributed by atoms with Crippen molar-refractivity contribution in [1.82, 2.24) is 0 Å². The van der Waals surface area contributed by atoms with Gasteiger partial charge in [0.15, 0.2) is 0 Å². The lowest BCUT2D eigenvalue weighted by Crippen LogP contribution is -2.28. The van der Waals surface area contributed by atoms with E-state index >= 15 is 0 Å². The summed E-state index contributed by atoms with van der Waals surface area (Å²) in [4.78, 5) is 0. The lowest BCUT2D eigenvalue weighted by molar-refractivity contribution is 0.165. The molecule has 0 heterocycles. The van der Waals surface area contributed by atoms with Crippen LogP contribution in [-0.2, 0) is 0 Å². The van der Waals surface area contributed by atoms with Crippen molar-refractivity contribution in [1.29, 1.82) is 0 Å². The van der Waals surface area contributed by atoms with E-state index in [0.717, 1.165) is 38.5 Å². The Balaban J connectivity index is 0.000000140. The molecule has 4 nitrogen and oxygen atoms in total. The van der Waals surface area contributed by atoms with Crippen molar-refractivity contribution >= 4 is 0 Å². The largest absolute Gasteiger partial charge is 0.392 e. The van der Waals surface area contributed by atoms with Gasteiger partial charge >= 0.3 is 0 Å². The van der Waals surface area contributed by atoms with Gasteiger partial charge in [0.05, 0.1) is 12.2 Å². The molecule has 14 heavy (non-hydrogen) atoms. The molecular formula is C10H22N2O2. The molecule has 2 aliphatic carbocycles. The molecule has 0 aromatic rings. The normalized spacial score (nSPS) is 42.0. The second-order valence-electron chi connectivity index (χ2n) is 4.32. The van der Waals surface area contributed by atoms with Gasteiger partial charge in [-0.1, -0.05) is 0 Å². The molecule has 0 saturated heterocycles. The summed E-state index contributed by atoms with van der Waals surface area (Å²) < 4.78 is 0. The Morgan fingerprint density at radius 2 is 1.07 bits per heavy atom. The Labute approximate surface area is 85.3 Å². The highest BCUT2D eigenvalue weighted by Gasteiger charge is 2.20. The van der Waals surface area contributed by atoms with E-state index < -0.39 is 0 Å². The summed E-state index contributed by atoms with van der Waals surface area (Å²) in [5.41, 5.74) is 10.9. The first-order chi connectivity index (χ1) is 6.61. The maximum absolute atomic E-state index is 8.87. The fourth-order valence-corrected chi connectivity index (χ4v) is 1.94. The summed E-state index contributed by atoms with van der Waals surface area (Å²) in [6, 6.07) is 0.139. The number of aliphatic hydroxyl groups excluding tert-OH is 2. The molecule has 6 N–H and O–H groups in total. The number of hydrogen-bond acceptors (Lipinski definition) is 4. The summed E-state index contributed by atoms with van der Waals surface area (Å²) in [6.07, 6.45) is 5.59. The third-order valence-corrected chi connectivity index (χ3v) is 3.06. The van der Waals surface area contributed by atoms with Crippen molar-refractivity contribution in [3.63, 3.8) is 0 Å². The zero-order valence-corrected chi connectivity index (χ0v) is 8.60. The van der Waals surface area contributed by atoms with Crippen LogP contribution in [0.5, 0.6) is 0 Å². The average Bonchev–Trinajstić information content (AvgIpc) is 2.67. The smallest absolute Gasteiger partial charge is 0.0691 e. The Kier molecular flexibility index (Phi) is 4.81. The molecule has 2 aliphatic rings. The zero-order valence-electron chi connectivity index (χ0n) is 8.60. The molecule has 0 amide bonds. The summed E-state index contributed by atoms with van der Waals surface area (Å²) in [5, 5.41) is 17.7. The monoisotopic (exact) mass is 202 g/mol. The minimum Gasteiger partial charge on any atom is -0.392 e. The standard InChI is InChI=1S/2C5H11NO/c2*6-4-2-1-3-5(4)7/h2*4-5,7H,1-3,6H2/t2*4-,5-/m10/s1. The molecule has 4 heteroatoms. The van der Waals surface area contributed by atoms with Crippen LogP contribution in [-0.4, -0.2) is 34.5 Å². The molecule has 2 rings (SSSR count). The fraction of sp³-hybridized carbons (Fsp3) is 1.00. The Morgan fingerprint density at radius 3 is 1.14 bits per heavy atom. The van der Waals surface area contributed by atoms with Crippen LogP contribution in [0, 0.1) is 0 Å². The second kappa shape index (κ2) is 5.66. The minimum atomic E-state index is -0.208. The van der Waals surface area contributed by atoms with Crippen LogP contribution in [0.4, 0.5) is 0 Å². The quantitative estimate of drug-likeness (QED) is 0.434. The SMILES string of the molecule is N[C@@H]1CCC[C@H]1O.N[C@H]1CCC[C@@H]1O. The van der Waals surface area contributed by atoms with Crippen molar-refractivity contribution in [3.8, 4) is 0 Å². The predicted molar refractivity (Wildman–Crippen MR) is 55.7 cm³/mol. The van der Waals surface area contributed by atoms with Gasteiger partial charge in [0, 0.05) is 12.1 Å². The Hall–Kier alpha value is -0.160. The molecule has 0 bridgehead atoms. The molecule has 2 fully saturated rings. The van der Waals surface area contributed by atoms with E-state index in [1.54, 1.807) is 0 Å². The maximum Gasteiger partial charge on any atom is 0.0691 e. The molecule has 0 aliphatic heterocycles. The van der Waals surface area contributed by atoms with Crippen LogP contribution in [0.1, 0.15) is 38.5 Å². The van der Waals surface area contributed by atoms with E-state index in [1.165, 1.54) is 0 Å². The molecule has 2 saturated carbocycles. The molecule has 0 radical (unpaired) electrons. The van der Waals surface area contributed by atoms with Crippen LogP contribution in [0.25, 0.3) is 0 Å². The predicted octanol–water partition coefficient (Wildman–Crippen LogP) is -0.283. The van der Waals surface area contributed by atoms with Crippen molar-refractivity contribution in [2.24, 2.45) is 11.5 Å². The van der Waals surface area contributed by atoms with Gasteiger partial charge in [-0.05, 0) is 38.5 Å². The van der Waals surface area contributed by atoms with Crippen LogP contribution in [0.2, 0.25) is 0 Å². The van der Waals surface area contributed by atoms with Gasteiger partial charge in [0.1, 0.15) is 0 Å². The van der Waals surface area contributed by atoms with Crippen molar-refractivity contribution in [2.75, 3.05) is 0 Å². The number of nitrogens with two attached hydrogens (primary N) is 2. The Morgan fingerprint density at radius 1 is 0.714 bits per heavy atom. The summed E-state index contributed by atoms with van der Waals surface area (Å²) in [5.74, 6) is 0. The number of aliphatic hydroxyl groups is 2. The van der Waals surface area contributed by atoms with Crippen molar-refractivity contribution < 1.29 is 10.2 Å². The molecule has 0 aromatic carbocycles. The first-order valence-electron chi connectivity index (χ1n) is 5.48. The minimum absolute atomic E-state index is 0.0694. The van der Waals surface area contributed by atoms with E-state index in [1.807, 2.05) is 0 Å². The molecule has 0 unspecified atom stereocenters. The molecule has 84 valence electrons. The van der Waals surface area contributed by atoms with Gasteiger partial charge in [-0.15, -0.1) is 0 Å². The van der Waals surface area contributed by atoms with E-state index in [0.29, 0.717) is 0 Å². The number of hydrogen-bond donors (Lipinski definition) is 4. The van der Waals surface area contributed by atoms with Crippen molar-refractivity contribution in [3.05, 3.63) is 0 Å². The highest BCUT2D eigenvalue weighted by molar-refractivity contribution is 4.79. The maximum atomic E-state index is 8.87. The van der Waals surface area contributed by atoms with E-state index in [-0.39, 0.29) is 24.3 Å². The van der Waals surface area contributed by atoms with E-state index in [4.69, 9.17) is 21.7 Å². The highest BCUT2D eigenvalue weighted by atomic mass is 16.3. The molecule has 0 aromatic heterocycles. The summed E-state index contributed by atoms with van der Waals surface area (Å²) in [6.45, 7) is 0. The van der Waals surface area contributed by atoms with Gasteiger partial charge < -0.3 is 21.7 Å². The molecule has 4 atom stereocenters. The van der Waals surface area contributed by atoms with Crippen molar-refractivity contribution in [2.45, 2.75) is 62.8 Å². The Bertz CT molecular complexity index is 132. The van der Waals surface area contributed by atoms with Gasteiger partial charge in [-0.3, -0.25) is 0 Å². The van der Waals surface area contributed by atoms with Crippen LogP contribution < -0.4 is 11.5 Å². The van der Waals surface area contributed by atoms with E-state index in [2.05, 4.69) is 0 Å². The topological polar surface area (TPSA) is 92.5 Å². The van der Waals surface area contributed by atoms with E-state index in [9.17, 15) is 0 Å². The summed E-state index contributed by atoms with van der Waals surface area (Å²) >= 11 is 0. The third-order valence-electron chi connectivity index (χ3n) is 3.06. The van der Waals surface area contributed by atoms with Crippen LogP contribution in [0.15, 0.2) is 0 Å². The molecule has 0 spiro atoms. The van der Waals surface area contributed by atoms with Crippen LogP contribution >= 0.6 is 0 Å². The first-order valence-corrected chi connectivity index (χ1v) is 5.48. The molecular weight excluding hydrogens is 180 g/mol. The first kappa shape index (κ1) is 11.9. The van der Waals surface area contributed by atoms with Gasteiger partial charge in [0.25, 0.3) is 0 Å². The third kappa shape index (κ3) is 3.53. The average molecular weight is 202 g/mol. The van der Waals surface area contributed by atoms with Crippen LogP contribution in [0.3, 0.4) is 0 Å². The summed E-state index contributed by atoms with van der Waals surface area (Å²) in [7, 11) is 0.